The Kier molecular flexibility index (Phi) is 6.92. The van der Waals surface area contributed by atoms with Gasteiger partial charge in [-0.2, -0.15) is 0 Å². The Morgan fingerprint density at radius 3 is 2.35 bits per heavy atom. The van der Waals surface area contributed by atoms with Gasteiger partial charge in [-0.05, 0) is 67.6 Å². The molecule has 2 aromatic rings. The number of nitrogens with two attached hydrogens (primary N) is 2. The summed E-state index contributed by atoms with van der Waals surface area (Å²) in [5, 5.41) is 0. The fraction of sp³-hybridized carbons (Fsp3) is 0.348. The lowest BCUT2D eigenvalue weighted by molar-refractivity contribution is -0.121. The fourth-order valence-corrected chi connectivity index (χ4v) is 5.11. The van der Waals surface area contributed by atoms with Gasteiger partial charge in [0.25, 0.3) is 5.91 Å². The van der Waals surface area contributed by atoms with E-state index in [1.807, 2.05) is 31.2 Å². The van der Waals surface area contributed by atoms with Gasteiger partial charge in [-0.15, -0.1) is 11.3 Å². The molecule has 8 heteroatoms. The van der Waals surface area contributed by atoms with E-state index in [1.165, 1.54) is 17.6 Å². The Morgan fingerprint density at radius 1 is 1.16 bits per heavy atom. The quantitative estimate of drug-likeness (QED) is 0.592. The molecule has 2 amide bonds. The van der Waals surface area contributed by atoms with E-state index >= 15 is 0 Å². The molecule has 1 aromatic carbocycles. The van der Waals surface area contributed by atoms with Crippen LogP contribution in [0, 0.1) is 6.92 Å². The van der Waals surface area contributed by atoms with Gasteiger partial charge < -0.3 is 21.1 Å². The molecule has 1 aromatic heterocycles. The van der Waals surface area contributed by atoms with E-state index in [1.54, 1.807) is 12.2 Å². The van der Waals surface area contributed by atoms with Crippen molar-refractivity contribution in [3.05, 3.63) is 52.4 Å². The summed E-state index contributed by atoms with van der Waals surface area (Å²) in [5.41, 5.74) is 11.8. The van der Waals surface area contributed by atoms with Crippen LogP contribution in [-0.2, 0) is 10.3 Å². The van der Waals surface area contributed by atoms with Crippen LogP contribution in [0.2, 0.25) is 0 Å². The lowest BCUT2D eigenvalue weighted by atomic mass is 9.92. The number of aliphatic imine (C=N–C) groups is 1. The molecule has 1 atom stereocenters. The van der Waals surface area contributed by atoms with Crippen LogP contribution >= 0.6 is 11.3 Å². The third-order valence-corrected chi connectivity index (χ3v) is 6.97. The number of primary amides is 2. The number of benzene rings is 1. The highest BCUT2D eigenvalue weighted by Gasteiger charge is 2.42. The number of ether oxygens (including phenoxy) is 1. The Labute approximate surface area is 186 Å². The number of hydrogen-bond donors (Lipinski definition) is 2. The summed E-state index contributed by atoms with van der Waals surface area (Å²) in [6.07, 6.45) is 4.76. The van der Waals surface area contributed by atoms with Crippen molar-refractivity contribution >= 4 is 29.4 Å². The highest BCUT2D eigenvalue weighted by Crippen LogP contribution is 2.44. The minimum atomic E-state index is -1.40. The molecule has 1 aliphatic rings. The summed E-state index contributed by atoms with van der Waals surface area (Å²) in [4.78, 5) is 32.4. The Morgan fingerprint density at radius 2 is 1.84 bits per heavy atom. The molecule has 4 N–H and O–H groups in total. The highest BCUT2D eigenvalue weighted by atomic mass is 32.1. The number of carbonyl (C=O) groups excluding carboxylic acids is 2. The number of carbonyl (C=O) groups is 2. The summed E-state index contributed by atoms with van der Waals surface area (Å²) in [6.45, 7) is 9.55. The molecule has 1 unspecified atom stereocenters. The highest BCUT2D eigenvalue weighted by molar-refractivity contribution is 7.16. The van der Waals surface area contributed by atoms with Crippen LogP contribution in [0.5, 0.6) is 5.75 Å². The number of likely N-dealkylation sites (N-methyl/N-ethyl adjacent to an activating group) is 1. The average molecular weight is 441 g/mol. The van der Waals surface area contributed by atoms with E-state index in [4.69, 9.17) is 16.2 Å². The van der Waals surface area contributed by atoms with E-state index < -0.39 is 17.4 Å². The Hall–Kier alpha value is -2.97. The lowest BCUT2D eigenvalue weighted by Crippen LogP contribution is -2.37. The van der Waals surface area contributed by atoms with Crippen molar-refractivity contribution in [2.75, 3.05) is 26.2 Å². The zero-order valence-corrected chi connectivity index (χ0v) is 18.9. The van der Waals surface area contributed by atoms with Crippen molar-refractivity contribution in [1.29, 1.82) is 0 Å². The van der Waals surface area contributed by atoms with Crippen molar-refractivity contribution in [3.63, 3.8) is 0 Å². The van der Waals surface area contributed by atoms with Crippen LogP contribution in [0.15, 0.2) is 41.4 Å². The van der Waals surface area contributed by atoms with Gasteiger partial charge in [0, 0.05) is 17.6 Å². The maximum Gasteiger partial charge on any atom is 0.254 e. The third kappa shape index (κ3) is 4.40. The van der Waals surface area contributed by atoms with Gasteiger partial charge in [-0.25, -0.2) is 0 Å². The molecule has 0 saturated heterocycles. The van der Waals surface area contributed by atoms with E-state index in [-0.39, 0.29) is 0 Å². The van der Waals surface area contributed by atoms with Crippen LogP contribution in [0.25, 0.3) is 10.4 Å². The van der Waals surface area contributed by atoms with Crippen molar-refractivity contribution in [1.82, 2.24) is 4.90 Å². The maximum absolute atomic E-state index is 12.3. The molecule has 0 saturated carbocycles. The van der Waals surface area contributed by atoms with E-state index in [0.717, 1.165) is 35.8 Å². The molecule has 0 bridgehead atoms. The third-order valence-electron chi connectivity index (χ3n) is 5.50. The zero-order valence-electron chi connectivity index (χ0n) is 18.1. The molecular formula is C23H28N4O3S. The summed E-state index contributed by atoms with van der Waals surface area (Å²) in [5.74, 6) is -0.482. The molecule has 0 spiro atoms. The average Bonchev–Trinajstić information content (AvgIpc) is 3.37. The number of thiophene rings is 1. The van der Waals surface area contributed by atoms with Gasteiger partial charge in [-0.1, -0.05) is 13.8 Å². The minimum absolute atomic E-state index is 0.294. The molecule has 1 aliphatic heterocycles. The van der Waals surface area contributed by atoms with Crippen LogP contribution in [0.3, 0.4) is 0 Å². The maximum atomic E-state index is 12.3. The van der Waals surface area contributed by atoms with Gasteiger partial charge >= 0.3 is 0 Å². The van der Waals surface area contributed by atoms with Crippen molar-refractivity contribution in [3.8, 4) is 16.2 Å². The largest absolute Gasteiger partial charge is 0.492 e. The number of hydrogen-bond acceptors (Lipinski definition) is 6. The van der Waals surface area contributed by atoms with Gasteiger partial charge in [0.1, 0.15) is 12.4 Å². The summed E-state index contributed by atoms with van der Waals surface area (Å²) in [7, 11) is 0. The Bertz CT molecular complexity index is 1010. The second-order valence-electron chi connectivity index (χ2n) is 7.29. The topological polar surface area (TPSA) is 111 Å². The second-order valence-corrected chi connectivity index (χ2v) is 8.31. The first-order chi connectivity index (χ1) is 14.8. The summed E-state index contributed by atoms with van der Waals surface area (Å²) < 4.78 is 5.86. The van der Waals surface area contributed by atoms with E-state index in [2.05, 4.69) is 23.7 Å². The predicted octanol–water partition coefficient (Wildman–Crippen LogP) is 2.86. The molecule has 2 heterocycles. The molecular weight excluding hydrogens is 412 g/mol. The molecule has 31 heavy (non-hydrogen) atoms. The number of nitrogens with zero attached hydrogens (tertiary/aromatic N) is 2. The summed E-state index contributed by atoms with van der Waals surface area (Å²) >= 11 is 1.31. The zero-order chi connectivity index (χ0) is 22.6. The predicted molar refractivity (Wildman–Crippen MR) is 125 cm³/mol. The van der Waals surface area contributed by atoms with Crippen molar-refractivity contribution in [2.45, 2.75) is 26.3 Å². The molecule has 3 rings (SSSR count). The van der Waals surface area contributed by atoms with Crippen molar-refractivity contribution in [2.24, 2.45) is 16.5 Å². The number of rotatable bonds is 10. The van der Waals surface area contributed by atoms with Crippen LogP contribution in [0.4, 0.5) is 0 Å². The molecule has 164 valence electrons. The molecule has 0 fully saturated rings. The minimum Gasteiger partial charge on any atom is -0.492 e. The van der Waals surface area contributed by atoms with E-state index in [9.17, 15) is 9.59 Å². The second kappa shape index (κ2) is 9.45. The number of amides is 2. The Balaban J connectivity index is 1.90. The van der Waals surface area contributed by atoms with E-state index in [0.29, 0.717) is 22.6 Å². The smallest absolute Gasteiger partial charge is 0.254 e. The number of allylic oxidation sites excluding steroid dienone is 1. The first-order valence-corrected chi connectivity index (χ1v) is 11.1. The van der Waals surface area contributed by atoms with Gasteiger partial charge in [0.15, 0.2) is 5.54 Å². The lowest BCUT2D eigenvalue weighted by Gasteiger charge is -2.20. The fourth-order valence-electron chi connectivity index (χ4n) is 3.67. The molecule has 7 nitrogen and oxygen atoms in total. The monoisotopic (exact) mass is 440 g/mol. The van der Waals surface area contributed by atoms with Gasteiger partial charge in [-0.3, -0.25) is 14.6 Å². The van der Waals surface area contributed by atoms with Gasteiger partial charge in [0.05, 0.1) is 10.4 Å². The van der Waals surface area contributed by atoms with Crippen LogP contribution in [0.1, 0.15) is 34.6 Å². The molecule has 0 aliphatic carbocycles. The van der Waals surface area contributed by atoms with Crippen LogP contribution in [-0.4, -0.2) is 49.2 Å². The first kappa shape index (κ1) is 22.7. The SMILES string of the molecule is CCN(CC)CCOc1ccc(-c2sc(C3(C(N)=O)C=CC=N3)c(C(N)=O)c2C)cc1. The molecule has 0 radical (unpaired) electrons. The normalized spacial score (nSPS) is 17.4. The van der Waals surface area contributed by atoms with Crippen molar-refractivity contribution < 1.29 is 14.3 Å². The first-order valence-electron chi connectivity index (χ1n) is 10.3. The standard InChI is InChI=1S/C23H28N4O3S/c1-4-27(5-2)13-14-30-17-9-7-16(8-10-17)19-15(3)18(21(24)28)20(31-19)23(22(25)29)11-6-12-26-23/h6-12H,4-5,13-14H2,1-3H3,(H2,24,28)(H2,25,29). The van der Waals surface area contributed by atoms with Crippen LogP contribution < -0.4 is 16.2 Å². The summed E-state index contributed by atoms with van der Waals surface area (Å²) in [6, 6.07) is 7.67. The van der Waals surface area contributed by atoms with Gasteiger partial charge in [0.2, 0.25) is 5.91 Å².